The first-order valence-electron chi connectivity index (χ1n) is 18.8. The molecular weight excluding hydrogens is 731 g/mol. The van der Waals surface area contributed by atoms with E-state index in [2.05, 4.69) is 39.8 Å². The molecule has 3 N–H and O–H groups in total. The van der Waals surface area contributed by atoms with Gasteiger partial charge in [-0.2, -0.15) is 0 Å². The van der Waals surface area contributed by atoms with Crippen LogP contribution in [-0.4, -0.2) is 28.3 Å². The van der Waals surface area contributed by atoms with E-state index in [-0.39, 0.29) is 18.4 Å². The zero-order valence-corrected chi connectivity index (χ0v) is 34.8. The molecule has 2 atom stereocenters. The second-order valence-electron chi connectivity index (χ2n) is 15.2. The molecule has 1 aliphatic heterocycles. The van der Waals surface area contributed by atoms with E-state index in [1.807, 2.05) is 64.1 Å². The number of aromatic hydroxyl groups is 3. The van der Waals surface area contributed by atoms with E-state index >= 15 is 0 Å². The number of halogens is 1. The Morgan fingerprint density at radius 1 is 0.709 bits per heavy atom. The number of rotatable bonds is 10. The number of aryl methyl sites for hydroxylation is 4. The molecule has 1 fully saturated rings. The van der Waals surface area contributed by atoms with Crippen LogP contribution in [0.4, 0.5) is 0 Å². The lowest BCUT2D eigenvalue weighted by Crippen LogP contribution is -2.17. The molecule has 1 saturated heterocycles. The van der Waals surface area contributed by atoms with Crippen molar-refractivity contribution in [3.05, 3.63) is 151 Å². The lowest BCUT2D eigenvalue weighted by atomic mass is 9.93. The molecular formula is C46H54ClO7P. The van der Waals surface area contributed by atoms with E-state index in [1.165, 1.54) is 16.7 Å². The number of hydrogen-bond acceptors (Lipinski definition) is 7. The van der Waals surface area contributed by atoms with E-state index in [1.54, 1.807) is 36.4 Å². The summed E-state index contributed by atoms with van der Waals surface area (Å²) >= 11 is 5.98. The highest BCUT2D eigenvalue weighted by atomic mass is 35.5. The van der Waals surface area contributed by atoms with Gasteiger partial charge in [0.15, 0.2) is 6.35 Å². The van der Waals surface area contributed by atoms with Crippen molar-refractivity contribution in [2.45, 2.75) is 92.6 Å². The van der Waals surface area contributed by atoms with Crippen LogP contribution in [0.15, 0.2) is 84.9 Å². The standard InChI is InChI=1S/C28H32ClO5P.C18H22O2/c1-18(2)25-15-21(5-10-27(25)30)16-26-19(3)13-24(14-20(26)4)32-17-35(31)33-12-11-28(34-35)22-6-8-23(29)9-7-22;1-11(2)16-9-14(5-6-18(16)20)10-17-12(3)7-15(19)8-13(17)4/h5-10,13-15,18,28,30H,11-12,16-17H2,1-4H3;5-9,11,19-20H,10H2,1-4H3/t28-,35+;/m1./s1. The van der Waals surface area contributed by atoms with Gasteiger partial charge in [-0.1, -0.05) is 75.7 Å². The maximum absolute atomic E-state index is 13.2. The van der Waals surface area contributed by atoms with Gasteiger partial charge in [-0.3, -0.25) is 9.09 Å². The summed E-state index contributed by atoms with van der Waals surface area (Å²) in [7, 11) is -3.41. The fourth-order valence-electron chi connectivity index (χ4n) is 7.03. The van der Waals surface area contributed by atoms with Gasteiger partial charge in [0, 0.05) is 11.4 Å². The Balaban J connectivity index is 0.000000246. The minimum atomic E-state index is -3.41. The monoisotopic (exact) mass is 784 g/mol. The molecule has 292 valence electrons. The first-order chi connectivity index (χ1) is 26.0. The van der Waals surface area contributed by atoms with Crippen LogP contribution in [0, 0.1) is 27.7 Å². The molecule has 0 aliphatic carbocycles. The van der Waals surface area contributed by atoms with Crippen LogP contribution in [-0.2, 0) is 26.5 Å². The topological polar surface area (TPSA) is 105 Å². The maximum Gasteiger partial charge on any atom is 0.368 e. The Morgan fingerprint density at radius 3 is 1.65 bits per heavy atom. The molecule has 55 heavy (non-hydrogen) atoms. The van der Waals surface area contributed by atoms with E-state index in [0.29, 0.717) is 47.0 Å². The molecule has 0 amide bonds. The maximum atomic E-state index is 13.2. The predicted molar refractivity (Wildman–Crippen MR) is 222 cm³/mol. The molecule has 5 aromatic carbocycles. The van der Waals surface area contributed by atoms with Crippen LogP contribution in [0.3, 0.4) is 0 Å². The fraction of sp³-hybridized carbons (Fsp3) is 0.348. The molecule has 6 rings (SSSR count). The zero-order chi connectivity index (χ0) is 40.0. The third-order valence-electron chi connectivity index (χ3n) is 10.1. The molecule has 0 spiro atoms. The molecule has 1 heterocycles. The van der Waals surface area contributed by atoms with Crippen molar-refractivity contribution in [2.75, 3.05) is 13.0 Å². The molecule has 0 unspecified atom stereocenters. The van der Waals surface area contributed by atoms with Gasteiger partial charge >= 0.3 is 7.60 Å². The van der Waals surface area contributed by atoms with E-state index < -0.39 is 7.60 Å². The molecule has 1 aliphatic rings. The molecule has 0 radical (unpaired) electrons. The van der Waals surface area contributed by atoms with Gasteiger partial charge in [-0.25, -0.2) is 0 Å². The summed E-state index contributed by atoms with van der Waals surface area (Å²) in [4.78, 5) is 0. The molecule has 0 bridgehead atoms. The number of benzene rings is 5. The van der Waals surface area contributed by atoms with Crippen molar-refractivity contribution < 1.29 is 33.7 Å². The lowest BCUT2D eigenvalue weighted by molar-refractivity contribution is 0.0725. The van der Waals surface area contributed by atoms with Crippen molar-refractivity contribution >= 4 is 19.2 Å². The van der Waals surface area contributed by atoms with Crippen LogP contribution in [0.2, 0.25) is 5.02 Å². The first kappa shape index (κ1) is 41.9. The molecule has 0 aromatic heterocycles. The largest absolute Gasteiger partial charge is 0.508 e. The Bertz CT molecular complexity index is 2110. The molecule has 9 heteroatoms. The van der Waals surface area contributed by atoms with Crippen molar-refractivity contribution in [3.63, 3.8) is 0 Å². The van der Waals surface area contributed by atoms with E-state index in [9.17, 15) is 19.9 Å². The van der Waals surface area contributed by atoms with Crippen molar-refractivity contribution in [1.82, 2.24) is 0 Å². The summed E-state index contributed by atoms with van der Waals surface area (Å²) in [6, 6.07) is 26.5. The minimum absolute atomic E-state index is 0.148. The Labute approximate surface area is 331 Å². The first-order valence-corrected chi connectivity index (χ1v) is 21.0. The van der Waals surface area contributed by atoms with Gasteiger partial charge in [0.1, 0.15) is 23.0 Å². The number of phenols is 3. The summed E-state index contributed by atoms with van der Waals surface area (Å²) in [6.07, 6.45) is 1.73. The Morgan fingerprint density at radius 2 is 1.18 bits per heavy atom. The van der Waals surface area contributed by atoms with Crippen LogP contribution >= 0.6 is 19.2 Å². The summed E-state index contributed by atoms with van der Waals surface area (Å²) < 4.78 is 30.5. The number of ether oxygens (including phenoxy) is 1. The molecule has 7 nitrogen and oxygen atoms in total. The zero-order valence-electron chi connectivity index (χ0n) is 33.2. The van der Waals surface area contributed by atoms with E-state index in [0.717, 1.165) is 57.3 Å². The van der Waals surface area contributed by atoms with E-state index in [4.69, 9.17) is 25.4 Å². The highest BCUT2D eigenvalue weighted by Gasteiger charge is 2.35. The van der Waals surface area contributed by atoms with Gasteiger partial charge in [0.05, 0.1) is 12.7 Å². The smallest absolute Gasteiger partial charge is 0.368 e. The van der Waals surface area contributed by atoms with Crippen LogP contribution in [0.25, 0.3) is 0 Å². The van der Waals surface area contributed by atoms with Gasteiger partial charge in [0.2, 0.25) is 0 Å². The third-order valence-corrected chi connectivity index (χ3v) is 12.0. The van der Waals surface area contributed by atoms with Crippen LogP contribution < -0.4 is 4.74 Å². The Kier molecular flexibility index (Phi) is 13.8. The van der Waals surface area contributed by atoms with Gasteiger partial charge in [-0.15, -0.1) is 0 Å². The average Bonchev–Trinajstić information content (AvgIpc) is 3.12. The predicted octanol–water partition coefficient (Wildman–Crippen LogP) is 12.5. The summed E-state index contributed by atoms with van der Waals surface area (Å²) in [6.45, 7) is 16.8. The van der Waals surface area contributed by atoms with Crippen molar-refractivity contribution in [3.8, 4) is 23.0 Å². The fourth-order valence-corrected chi connectivity index (χ4v) is 8.66. The molecule has 0 saturated carbocycles. The van der Waals surface area contributed by atoms with Gasteiger partial charge < -0.3 is 24.6 Å². The Hall–Kier alpha value is -4.26. The second kappa shape index (κ2) is 18.1. The van der Waals surface area contributed by atoms with Crippen LogP contribution in [0.5, 0.6) is 23.0 Å². The highest BCUT2D eigenvalue weighted by Crippen LogP contribution is 2.56. The highest BCUT2D eigenvalue weighted by molar-refractivity contribution is 7.53. The summed E-state index contributed by atoms with van der Waals surface area (Å²) in [5.74, 6) is 2.20. The van der Waals surface area contributed by atoms with Gasteiger partial charge in [0.25, 0.3) is 0 Å². The SMILES string of the molecule is Cc1cc(O)cc(C)c1Cc1ccc(O)c(C(C)C)c1.Cc1cc(OC[P@]2(=O)OCC[C@H](c3ccc(Cl)cc3)O2)cc(C)c1Cc1ccc(O)c(C(C)C)c1. The van der Waals surface area contributed by atoms with Crippen LogP contribution in [0.1, 0.15) is 113 Å². The lowest BCUT2D eigenvalue weighted by Gasteiger charge is -2.30. The number of phenolic OH excluding ortho intramolecular Hbond substituents is 3. The summed E-state index contributed by atoms with van der Waals surface area (Å²) in [5, 5.41) is 30.3. The summed E-state index contributed by atoms with van der Waals surface area (Å²) in [5.41, 5.74) is 12.0. The minimum Gasteiger partial charge on any atom is -0.508 e. The quantitative estimate of drug-likeness (QED) is 0.121. The van der Waals surface area contributed by atoms with Crippen molar-refractivity contribution in [1.29, 1.82) is 0 Å². The van der Waals surface area contributed by atoms with Crippen molar-refractivity contribution in [2.24, 2.45) is 0 Å². The molecule has 5 aromatic rings. The average molecular weight is 785 g/mol. The van der Waals surface area contributed by atoms with Gasteiger partial charge in [-0.05, 0) is 162 Å². The normalized spacial score (nSPS) is 16.9. The number of hydrogen-bond donors (Lipinski definition) is 3. The third kappa shape index (κ3) is 11.0. The second-order valence-corrected chi connectivity index (χ2v) is 17.6.